The van der Waals surface area contributed by atoms with E-state index in [0.717, 1.165) is 12.8 Å². The Morgan fingerprint density at radius 2 is 2.15 bits per heavy atom. The van der Waals surface area contributed by atoms with Crippen molar-refractivity contribution in [1.82, 2.24) is 4.90 Å². The molecule has 13 heavy (non-hydrogen) atoms. The molecule has 0 rings (SSSR count). The van der Waals surface area contributed by atoms with Crippen molar-refractivity contribution in [3.8, 4) is 6.07 Å². The highest BCUT2D eigenvalue weighted by Crippen LogP contribution is 2.10. The fourth-order valence-corrected chi connectivity index (χ4v) is 1.85. The van der Waals surface area contributed by atoms with Crippen molar-refractivity contribution in [3.05, 3.63) is 0 Å². The van der Waals surface area contributed by atoms with Crippen LogP contribution in [-0.2, 0) is 0 Å². The van der Waals surface area contributed by atoms with E-state index in [4.69, 9.17) is 5.26 Å². The molecule has 2 nitrogen and oxygen atoms in total. The summed E-state index contributed by atoms with van der Waals surface area (Å²) >= 11 is 1.86. The summed E-state index contributed by atoms with van der Waals surface area (Å²) in [6.07, 6.45) is 4.20. The molecule has 2 unspecified atom stereocenters. The minimum absolute atomic E-state index is 0.0804. The van der Waals surface area contributed by atoms with Crippen LogP contribution in [0.2, 0.25) is 0 Å². The minimum atomic E-state index is 0.0804. The van der Waals surface area contributed by atoms with E-state index in [-0.39, 0.29) is 6.04 Å². The van der Waals surface area contributed by atoms with Crippen molar-refractivity contribution in [2.45, 2.75) is 38.8 Å². The lowest BCUT2D eigenvalue weighted by atomic mass is 10.1. The number of nitriles is 1. The highest BCUT2D eigenvalue weighted by molar-refractivity contribution is 7.98. The summed E-state index contributed by atoms with van der Waals surface area (Å²) in [5.74, 6) is 1.17. The van der Waals surface area contributed by atoms with Crippen LogP contribution < -0.4 is 0 Å². The van der Waals surface area contributed by atoms with Gasteiger partial charge in [0.2, 0.25) is 0 Å². The smallest absolute Gasteiger partial charge is 0.0975 e. The van der Waals surface area contributed by atoms with E-state index in [1.807, 2.05) is 18.8 Å². The van der Waals surface area contributed by atoms with Crippen molar-refractivity contribution < 1.29 is 0 Å². The quantitative estimate of drug-likeness (QED) is 0.658. The number of rotatable bonds is 6. The third-order valence-electron chi connectivity index (χ3n) is 2.46. The van der Waals surface area contributed by atoms with Crippen LogP contribution in [0, 0.1) is 11.3 Å². The maximum absolute atomic E-state index is 8.87. The number of thioether (sulfide) groups is 1. The Kier molecular flexibility index (Phi) is 7.12. The van der Waals surface area contributed by atoms with Crippen LogP contribution >= 0.6 is 11.8 Å². The molecule has 0 aliphatic rings. The van der Waals surface area contributed by atoms with E-state index in [2.05, 4.69) is 31.1 Å². The van der Waals surface area contributed by atoms with Crippen LogP contribution in [0.25, 0.3) is 0 Å². The van der Waals surface area contributed by atoms with Crippen molar-refractivity contribution >= 4 is 11.8 Å². The van der Waals surface area contributed by atoms with E-state index in [9.17, 15) is 0 Å². The number of nitrogens with zero attached hydrogens (tertiary/aromatic N) is 2. The van der Waals surface area contributed by atoms with Crippen molar-refractivity contribution in [2.75, 3.05) is 19.1 Å². The first-order valence-corrected chi connectivity index (χ1v) is 6.17. The monoisotopic (exact) mass is 200 g/mol. The molecule has 76 valence electrons. The van der Waals surface area contributed by atoms with Gasteiger partial charge in [0.05, 0.1) is 12.1 Å². The molecule has 0 amide bonds. The lowest BCUT2D eigenvalue weighted by Crippen LogP contribution is -2.37. The summed E-state index contributed by atoms with van der Waals surface area (Å²) in [7, 11) is 2.04. The van der Waals surface area contributed by atoms with Gasteiger partial charge in [-0.15, -0.1) is 0 Å². The van der Waals surface area contributed by atoms with Gasteiger partial charge >= 0.3 is 0 Å². The van der Waals surface area contributed by atoms with Gasteiger partial charge in [-0.05, 0) is 38.8 Å². The molecule has 0 aromatic heterocycles. The summed E-state index contributed by atoms with van der Waals surface area (Å²) in [6, 6.07) is 2.92. The number of hydrogen-bond donors (Lipinski definition) is 0. The fraction of sp³-hybridized carbons (Fsp3) is 0.900. The van der Waals surface area contributed by atoms with E-state index in [0.29, 0.717) is 6.04 Å². The topological polar surface area (TPSA) is 27.0 Å². The second kappa shape index (κ2) is 7.23. The van der Waals surface area contributed by atoms with Crippen molar-refractivity contribution in [2.24, 2.45) is 0 Å². The summed E-state index contributed by atoms with van der Waals surface area (Å²) < 4.78 is 0. The summed E-state index contributed by atoms with van der Waals surface area (Å²) in [5, 5.41) is 8.87. The molecule has 0 aliphatic heterocycles. The predicted octanol–water partition coefficient (Wildman–Crippen LogP) is 2.36. The molecule has 0 N–H and O–H groups in total. The van der Waals surface area contributed by atoms with E-state index < -0.39 is 0 Å². The zero-order valence-electron chi connectivity index (χ0n) is 9.08. The Labute approximate surface area is 86.3 Å². The highest BCUT2D eigenvalue weighted by atomic mass is 32.2. The lowest BCUT2D eigenvalue weighted by molar-refractivity contribution is 0.211. The Morgan fingerprint density at radius 1 is 1.54 bits per heavy atom. The van der Waals surface area contributed by atoms with Gasteiger partial charge in [-0.25, -0.2) is 0 Å². The molecule has 2 atom stereocenters. The molecular formula is C10H20N2S. The Bertz CT molecular complexity index is 165. The molecular weight excluding hydrogens is 180 g/mol. The maximum Gasteiger partial charge on any atom is 0.0975 e. The molecule has 0 heterocycles. The lowest BCUT2D eigenvalue weighted by Gasteiger charge is -2.28. The van der Waals surface area contributed by atoms with Gasteiger partial charge in [-0.1, -0.05) is 6.92 Å². The second-order valence-electron chi connectivity index (χ2n) is 3.35. The van der Waals surface area contributed by atoms with Crippen molar-refractivity contribution in [1.29, 1.82) is 5.26 Å². The molecule has 0 spiro atoms. The minimum Gasteiger partial charge on any atom is -0.288 e. The van der Waals surface area contributed by atoms with Crippen molar-refractivity contribution in [3.63, 3.8) is 0 Å². The van der Waals surface area contributed by atoms with Gasteiger partial charge in [0, 0.05) is 6.04 Å². The predicted molar refractivity (Wildman–Crippen MR) is 59.9 cm³/mol. The molecule has 0 fully saturated rings. The standard InChI is InChI=1S/C10H20N2S/c1-5-10(8-11)12(3)9(2)6-7-13-4/h9-10H,5-7H2,1-4H3. The highest BCUT2D eigenvalue weighted by Gasteiger charge is 2.16. The molecule has 0 aromatic carbocycles. The molecule has 0 aromatic rings. The first-order chi connectivity index (χ1) is 6.17. The molecule has 3 heteroatoms. The molecule has 0 aliphatic carbocycles. The van der Waals surface area contributed by atoms with E-state index in [1.165, 1.54) is 5.75 Å². The Morgan fingerprint density at radius 3 is 2.54 bits per heavy atom. The van der Waals surface area contributed by atoms with Crippen LogP contribution in [0.1, 0.15) is 26.7 Å². The van der Waals surface area contributed by atoms with Gasteiger partial charge in [-0.3, -0.25) is 4.90 Å². The van der Waals surface area contributed by atoms with Crippen LogP contribution in [-0.4, -0.2) is 36.0 Å². The first kappa shape index (κ1) is 12.8. The van der Waals surface area contributed by atoms with Crippen LogP contribution in [0.3, 0.4) is 0 Å². The van der Waals surface area contributed by atoms with Gasteiger partial charge in [0.1, 0.15) is 0 Å². The van der Waals surface area contributed by atoms with E-state index >= 15 is 0 Å². The average Bonchev–Trinajstić information content (AvgIpc) is 2.15. The third kappa shape index (κ3) is 4.54. The Hall–Kier alpha value is -0.200. The Balaban J connectivity index is 3.93. The third-order valence-corrected chi connectivity index (χ3v) is 3.11. The van der Waals surface area contributed by atoms with Gasteiger partial charge in [0.15, 0.2) is 0 Å². The largest absolute Gasteiger partial charge is 0.288 e. The number of hydrogen-bond acceptors (Lipinski definition) is 3. The van der Waals surface area contributed by atoms with Crippen LogP contribution in [0.4, 0.5) is 0 Å². The van der Waals surface area contributed by atoms with Crippen LogP contribution in [0.5, 0.6) is 0 Å². The molecule has 0 saturated heterocycles. The summed E-state index contributed by atoms with van der Waals surface area (Å²) in [4.78, 5) is 2.18. The SMILES string of the molecule is CCC(C#N)N(C)C(C)CCSC. The van der Waals surface area contributed by atoms with Crippen LogP contribution in [0.15, 0.2) is 0 Å². The fourth-order valence-electron chi connectivity index (χ4n) is 1.27. The second-order valence-corrected chi connectivity index (χ2v) is 4.33. The van der Waals surface area contributed by atoms with Gasteiger partial charge < -0.3 is 0 Å². The molecule has 0 radical (unpaired) electrons. The zero-order chi connectivity index (χ0) is 10.3. The molecule has 0 bridgehead atoms. The first-order valence-electron chi connectivity index (χ1n) is 4.77. The summed E-state index contributed by atoms with van der Waals surface area (Å²) in [5.41, 5.74) is 0. The normalized spacial score (nSPS) is 15.4. The summed E-state index contributed by atoms with van der Waals surface area (Å²) in [6.45, 7) is 4.25. The zero-order valence-corrected chi connectivity index (χ0v) is 9.90. The molecule has 0 saturated carbocycles. The van der Waals surface area contributed by atoms with Gasteiger partial charge in [0.25, 0.3) is 0 Å². The van der Waals surface area contributed by atoms with Gasteiger partial charge in [-0.2, -0.15) is 17.0 Å². The maximum atomic E-state index is 8.87. The van der Waals surface area contributed by atoms with E-state index in [1.54, 1.807) is 0 Å². The average molecular weight is 200 g/mol.